The molecule has 0 bridgehead atoms. The van der Waals surface area contributed by atoms with Gasteiger partial charge in [-0.15, -0.1) is 0 Å². The van der Waals surface area contributed by atoms with E-state index in [0.717, 1.165) is 50.8 Å². The number of anilines is 2. The Balaban J connectivity index is 1.64. The molecule has 0 amide bonds. The van der Waals surface area contributed by atoms with E-state index in [2.05, 4.69) is 20.2 Å². The Hall–Kier alpha value is -1.40. The molecule has 20 heavy (non-hydrogen) atoms. The summed E-state index contributed by atoms with van der Waals surface area (Å²) in [5.41, 5.74) is 6.03. The fourth-order valence-corrected chi connectivity index (χ4v) is 2.96. The fourth-order valence-electron chi connectivity index (χ4n) is 2.96. The first-order valence-electron chi connectivity index (χ1n) is 7.48. The molecule has 3 rings (SSSR count). The third-order valence-electron chi connectivity index (χ3n) is 4.05. The zero-order chi connectivity index (χ0) is 13.8. The molecule has 1 aromatic heterocycles. The molecule has 1 aliphatic heterocycles. The van der Waals surface area contributed by atoms with Gasteiger partial charge in [0.05, 0.1) is 13.2 Å². The lowest BCUT2D eigenvalue weighted by molar-refractivity contribution is 0.122. The van der Waals surface area contributed by atoms with E-state index in [1.54, 1.807) is 6.33 Å². The van der Waals surface area contributed by atoms with Gasteiger partial charge in [0, 0.05) is 31.2 Å². The average molecular weight is 277 g/mol. The third kappa shape index (κ3) is 3.37. The Morgan fingerprint density at radius 3 is 2.90 bits per heavy atom. The van der Waals surface area contributed by atoms with Gasteiger partial charge in [0.25, 0.3) is 0 Å². The van der Waals surface area contributed by atoms with Crippen molar-refractivity contribution in [2.75, 3.05) is 36.5 Å². The van der Waals surface area contributed by atoms with Crippen LogP contribution in [0, 0.1) is 0 Å². The lowest BCUT2D eigenvalue weighted by Gasteiger charge is -2.29. The number of nitrogens with two attached hydrogens (primary N) is 1. The summed E-state index contributed by atoms with van der Waals surface area (Å²) in [6, 6.07) is 2.79. The van der Waals surface area contributed by atoms with Gasteiger partial charge in [0.1, 0.15) is 18.0 Å². The molecule has 2 fully saturated rings. The maximum atomic E-state index is 6.03. The minimum absolute atomic E-state index is 0.321. The summed E-state index contributed by atoms with van der Waals surface area (Å²) >= 11 is 0. The first-order chi connectivity index (χ1) is 9.81. The average Bonchev–Trinajstić information content (AvgIpc) is 2.48. The number of aromatic nitrogens is 2. The van der Waals surface area contributed by atoms with E-state index < -0.39 is 0 Å². The molecule has 6 heteroatoms. The van der Waals surface area contributed by atoms with Crippen molar-refractivity contribution in [1.82, 2.24) is 9.97 Å². The van der Waals surface area contributed by atoms with Gasteiger partial charge in [-0.3, -0.25) is 0 Å². The monoisotopic (exact) mass is 277 g/mol. The van der Waals surface area contributed by atoms with Gasteiger partial charge in [0.15, 0.2) is 0 Å². The molecule has 6 nitrogen and oxygen atoms in total. The summed E-state index contributed by atoms with van der Waals surface area (Å²) in [6.45, 7) is 3.32. The minimum atomic E-state index is 0.321. The highest BCUT2D eigenvalue weighted by atomic mass is 16.5. The van der Waals surface area contributed by atoms with Crippen molar-refractivity contribution in [3.63, 3.8) is 0 Å². The smallest absolute Gasteiger partial charge is 0.134 e. The van der Waals surface area contributed by atoms with Crippen LogP contribution in [0.1, 0.15) is 25.7 Å². The predicted octanol–water partition coefficient (Wildman–Crippen LogP) is 0.995. The van der Waals surface area contributed by atoms with E-state index in [0.29, 0.717) is 12.1 Å². The Morgan fingerprint density at radius 2 is 2.10 bits per heavy atom. The van der Waals surface area contributed by atoms with Crippen LogP contribution in [-0.2, 0) is 4.74 Å². The number of morpholine rings is 1. The number of hydrogen-bond donors (Lipinski definition) is 2. The van der Waals surface area contributed by atoms with E-state index in [4.69, 9.17) is 10.5 Å². The van der Waals surface area contributed by atoms with Crippen LogP contribution in [-0.4, -0.2) is 48.4 Å². The Kier molecular flexibility index (Phi) is 4.32. The van der Waals surface area contributed by atoms with Crippen molar-refractivity contribution in [3.8, 4) is 0 Å². The van der Waals surface area contributed by atoms with Crippen LogP contribution in [0.25, 0.3) is 0 Å². The van der Waals surface area contributed by atoms with E-state index in [-0.39, 0.29) is 0 Å². The first kappa shape index (κ1) is 13.6. The van der Waals surface area contributed by atoms with Crippen LogP contribution >= 0.6 is 0 Å². The summed E-state index contributed by atoms with van der Waals surface area (Å²) in [6.07, 6.45) is 6.17. The molecule has 110 valence electrons. The largest absolute Gasteiger partial charge is 0.378 e. The Labute approximate surface area is 119 Å². The number of nitrogens with one attached hydrogen (secondary N) is 1. The van der Waals surface area contributed by atoms with Gasteiger partial charge in [0.2, 0.25) is 0 Å². The highest BCUT2D eigenvalue weighted by Gasteiger charge is 2.20. The van der Waals surface area contributed by atoms with Gasteiger partial charge >= 0.3 is 0 Å². The van der Waals surface area contributed by atoms with Crippen LogP contribution < -0.4 is 16.0 Å². The molecule has 1 aromatic rings. The van der Waals surface area contributed by atoms with Gasteiger partial charge in [-0.2, -0.15) is 0 Å². The van der Waals surface area contributed by atoms with Gasteiger partial charge < -0.3 is 20.7 Å². The molecule has 1 saturated heterocycles. The van der Waals surface area contributed by atoms with Crippen LogP contribution in [0.4, 0.5) is 11.6 Å². The molecule has 2 atom stereocenters. The molecule has 0 spiro atoms. The summed E-state index contributed by atoms with van der Waals surface area (Å²) in [5, 5.41) is 3.50. The zero-order valence-corrected chi connectivity index (χ0v) is 11.8. The van der Waals surface area contributed by atoms with E-state index in [9.17, 15) is 0 Å². The zero-order valence-electron chi connectivity index (χ0n) is 11.8. The molecular weight excluding hydrogens is 254 g/mol. The first-order valence-corrected chi connectivity index (χ1v) is 7.48. The van der Waals surface area contributed by atoms with Crippen LogP contribution in [0.2, 0.25) is 0 Å². The van der Waals surface area contributed by atoms with Crippen LogP contribution in [0.3, 0.4) is 0 Å². The predicted molar refractivity (Wildman–Crippen MR) is 78.9 cm³/mol. The summed E-state index contributed by atoms with van der Waals surface area (Å²) in [7, 11) is 0. The maximum Gasteiger partial charge on any atom is 0.134 e. The highest BCUT2D eigenvalue weighted by molar-refractivity contribution is 5.49. The third-order valence-corrected chi connectivity index (χ3v) is 4.05. The van der Waals surface area contributed by atoms with Gasteiger partial charge in [-0.25, -0.2) is 9.97 Å². The van der Waals surface area contributed by atoms with E-state index >= 15 is 0 Å². The standard InChI is InChI=1S/C14H23N5O/c15-11-2-1-3-12(8-11)18-13-9-14(17-10-16-13)19-4-6-20-7-5-19/h9-12H,1-8,15H2,(H,16,17,18). The normalized spacial score (nSPS) is 27.4. The van der Waals surface area contributed by atoms with Crippen molar-refractivity contribution >= 4 is 11.6 Å². The molecule has 1 aliphatic carbocycles. The van der Waals surface area contributed by atoms with E-state index in [1.165, 1.54) is 12.8 Å². The van der Waals surface area contributed by atoms with Crippen LogP contribution in [0.15, 0.2) is 12.4 Å². The lowest BCUT2D eigenvalue weighted by atomic mass is 9.92. The number of hydrogen-bond acceptors (Lipinski definition) is 6. The van der Waals surface area contributed by atoms with Crippen molar-refractivity contribution in [1.29, 1.82) is 0 Å². The molecule has 0 radical (unpaired) electrons. The van der Waals surface area contributed by atoms with Crippen molar-refractivity contribution < 1.29 is 4.74 Å². The Morgan fingerprint density at radius 1 is 1.25 bits per heavy atom. The second kappa shape index (κ2) is 6.37. The van der Waals surface area contributed by atoms with Crippen LogP contribution in [0.5, 0.6) is 0 Å². The van der Waals surface area contributed by atoms with Gasteiger partial charge in [-0.05, 0) is 25.7 Å². The fraction of sp³-hybridized carbons (Fsp3) is 0.714. The quantitative estimate of drug-likeness (QED) is 0.858. The summed E-state index contributed by atoms with van der Waals surface area (Å²) < 4.78 is 5.37. The highest BCUT2D eigenvalue weighted by Crippen LogP contribution is 2.22. The number of rotatable bonds is 3. The molecule has 2 unspecified atom stereocenters. The van der Waals surface area contributed by atoms with Crippen molar-refractivity contribution in [3.05, 3.63) is 12.4 Å². The summed E-state index contributed by atoms with van der Waals surface area (Å²) in [5.74, 6) is 1.88. The Bertz CT molecular complexity index is 435. The summed E-state index contributed by atoms with van der Waals surface area (Å²) in [4.78, 5) is 10.9. The number of nitrogens with zero attached hydrogens (tertiary/aromatic N) is 3. The lowest BCUT2D eigenvalue weighted by Crippen LogP contribution is -2.37. The SMILES string of the molecule is NC1CCCC(Nc2cc(N3CCOCC3)ncn2)C1. The molecular formula is C14H23N5O. The number of ether oxygens (including phenoxy) is 1. The second-order valence-corrected chi connectivity index (χ2v) is 5.63. The topological polar surface area (TPSA) is 76.3 Å². The van der Waals surface area contributed by atoms with Crippen molar-refractivity contribution in [2.24, 2.45) is 5.73 Å². The maximum absolute atomic E-state index is 6.03. The van der Waals surface area contributed by atoms with Crippen molar-refractivity contribution in [2.45, 2.75) is 37.8 Å². The molecule has 2 heterocycles. The van der Waals surface area contributed by atoms with Gasteiger partial charge in [-0.1, -0.05) is 0 Å². The van der Waals surface area contributed by atoms with E-state index in [1.807, 2.05) is 6.07 Å². The molecule has 3 N–H and O–H groups in total. The molecule has 2 aliphatic rings. The second-order valence-electron chi connectivity index (χ2n) is 5.63. The molecule has 1 saturated carbocycles. The minimum Gasteiger partial charge on any atom is -0.378 e. The molecule has 0 aromatic carbocycles.